The summed E-state index contributed by atoms with van der Waals surface area (Å²) >= 11 is 0. The first kappa shape index (κ1) is 11.0. The predicted molar refractivity (Wildman–Crippen MR) is 66.8 cm³/mol. The molecule has 0 aromatic heterocycles. The van der Waals surface area contributed by atoms with E-state index in [-0.39, 0.29) is 0 Å². The van der Waals surface area contributed by atoms with E-state index in [0.717, 1.165) is 11.8 Å². The summed E-state index contributed by atoms with van der Waals surface area (Å²) in [6.07, 6.45) is 18.4. The van der Waals surface area contributed by atoms with Crippen LogP contribution in [0.3, 0.4) is 0 Å². The van der Waals surface area contributed by atoms with Crippen molar-refractivity contribution in [1.82, 2.24) is 0 Å². The maximum atomic E-state index is 2.42. The van der Waals surface area contributed by atoms with Gasteiger partial charge in [-0.25, -0.2) is 0 Å². The molecule has 0 aromatic carbocycles. The van der Waals surface area contributed by atoms with Crippen LogP contribution >= 0.6 is 0 Å². The van der Waals surface area contributed by atoms with Gasteiger partial charge in [-0.1, -0.05) is 50.0 Å². The lowest BCUT2D eigenvalue weighted by molar-refractivity contribution is 0.516. The Morgan fingerprint density at radius 2 is 1.87 bits per heavy atom. The van der Waals surface area contributed by atoms with Crippen molar-refractivity contribution in [2.24, 2.45) is 11.8 Å². The molecule has 2 atom stereocenters. The summed E-state index contributed by atoms with van der Waals surface area (Å²) in [5.74, 6) is 1.77. The van der Waals surface area contributed by atoms with Crippen molar-refractivity contribution in [3.8, 4) is 0 Å². The summed E-state index contributed by atoms with van der Waals surface area (Å²) in [7, 11) is 0. The average molecular weight is 204 g/mol. The Bertz CT molecular complexity index is 247. The van der Waals surface area contributed by atoms with E-state index in [1.54, 1.807) is 5.57 Å². The fraction of sp³-hybridized carbons (Fsp3) is 0.733. The van der Waals surface area contributed by atoms with Gasteiger partial charge in [-0.15, -0.1) is 0 Å². The largest absolute Gasteiger partial charge is 0.0845 e. The molecule has 0 heteroatoms. The molecule has 2 aliphatic rings. The number of hydrogen-bond acceptors (Lipinski definition) is 0. The third-order valence-corrected chi connectivity index (χ3v) is 4.09. The van der Waals surface area contributed by atoms with Gasteiger partial charge in [0.25, 0.3) is 0 Å². The van der Waals surface area contributed by atoms with Crippen LogP contribution in [-0.2, 0) is 0 Å². The molecule has 0 bridgehead atoms. The average Bonchev–Trinajstić information content (AvgIpc) is 2.56. The fourth-order valence-corrected chi connectivity index (χ4v) is 3.08. The van der Waals surface area contributed by atoms with Gasteiger partial charge in [-0.3, -0.25) is 0 Å². The van der Waals surface area contributed by atoms with E-state index >= 15 is 0 Å². The second-order valence-corrected chi connectivity index (χ2v) is 5.26. The first-order valence-corrected chi connectivity index (χ1v) is 6.74. The van der Waals surface area contributed by atoms with Crippen molar-refractivity contribution < 1.29 is 0 Å². The number of rotatable bonds is 0. The minimum atomic E-state index is 0.848. The molecule has 84 valence electrons. The van der Waals surface area contributed by atoms with E-state index in [2.05, 4.69) is 25.2 Å². The molecule has 0 nitrogen and oxygen atoms in total. The molecule has 2 unspecified atom stereocenters. The molecule has 1 saturated carbocycles. The minimum Gasteiger partial charge on any atom is -0.0845 e. The molecule has 0 saturated heterocycles. The number of allylic oxidation sites excluding steroid dienone is 4. The van der Waals surface area contributed by atoms with E-state index in [9.17, 15) is 0 Å². The maximum Gasteiger partial charge on any atom is -0.0197 e. The monoisotopic (exact) mass is 204 g/mol. The van der Waals surface area contributed by atoms with Gasteiger partial charge in [0.2, 0.25) is 0 Å². The zero-order valence-electron chi connectivity index (χ0n) is 10.0. The van der Waals surface area contributed by atoms with Crippen molar-refractivity contribution in [2.45, 2.75) is 58.3 Å². The zero-order chi connectivity index (χ0) is 10.5. The van der Waals surface area contributed by atoms with Crippen molar-refractivity contribution in [2.75, 3.05) is 0 Å². The highest BCUT2D eigenvalue weighted by atomic mass is 14.3. The van der Waals surface area contributed by atoms with Crippen LogP contribution in [0.4, 0.5) is 0 Å². The second-order valence-electron chi connectivity index (χ2n) is 5.26. The highest BCUT2D eigenvalue weighted by molar-refractivity contribution is 5.21. The van der Waals surface area contributed by atoms with E-state index in [1.165, 1.54) is 51.4 Å². The molecule has 1 fully saturated rings. The molecule has 0 radical (unpaired) electrons. The number of hydrogen-bond donors (Lipinski definition) is 0. The van der Waals surface area contributed by atoms with Crippen LogP contribution in [0.2, 0.25) is 0 Å². The summed E-state index contributed by atoms with van der Waals surface area (Å²) in [5.41, 5.74) is 1.74. The topological polar surface area (TPSA) is 0 Å². The van der Waals surface area contributed by atoms with Gasteiger partial charge in [0, 0.05) is 0 Å². The Morgan fingerprint density at radius 3 is 2.80 bits per heavy atom. The Labute approximate surface area is 94.5 Å². The molecular formula is C15H24. The molecular weight excluding hydrogens is 180 g/mol. The van der Waals surface area contributed by atoms with Crippen molar-refractivity contribution in [3.05, 3.63) is 23.8 Å². The van der Waals surface area contributed by atoms with Gasteiger partial charge < -0.3 is 0 Å². The van der Waals surface area contributed by atoms with Crippen LogP contribution in [0.25, 0.3) is 0 Å². The van der Waals surface area contributed by atoms with Crippen LogP contribution in [0, 0.1) is 11.8 Å². The van der Waals surface area contributed by atoms with E-state index in [0.29, 0.717) is 0 Å². The smallest absolute Gasteiger partial charge is 0.0197 e. The van der Waals surface area contributed by atoms with Gasteiger partial charge in [0.15, 0.2) is 0 Å². The summed E-state index contributed by atoms with van der Waals surface area (Å²) in [4.78, 5) is 0. The van der Waals surface area contributed by atoms with Gasteiger partial charge in [-0.05, 0) is 43.9 Å². The predicted octanol–water partition coefficient (Wildman–Crippen LogP) is 4.87. The molecule has 2 aliphatic carbocycles. The third-order valence-electron chi connectivity index (χ3n) is 4.09. The summed E-state index contributed by atoms with van der Waals surface area (Å²) < 4.78 is 0. The molecule has 0 aliphatic heterocycles. The Kier molecular flexibility index (Phi) is 4.05. The SMILES string of the molecule is CC1CCC2CCCCCC/C=C/C=C/12. The molecule has 0 heterocycles. The summed E-state index contributed by atoms with van der Waals surface area (Å²) in [6, 6.07) is 0. The van der Waals surface area contributed by atoms with Gasteiger partial charge in [-0.2, -0.15) is 0 Å². The lowest BCUT2D eigenvalue weighted by atomic mass is 9.92. The quantitative estimate of drug-likeness (QED) is 0.528. The highest BCUT2D eigenvalue weighted by Gasteiger charge is 2.25. The van der Waals surface area contributed by atoms with Crippen LogP contribution in [-0.4, -0.2) is 0 Å². The van der Waals surface area contributed by atoms with Crippen molar-refractivity contribution in [1.29, 1.82) is 0 Å². The Morgan fingerprint density at radius 1 is 1.00 bits per heavy atom. The van der Waals surface area contributed by atoms with Crippen LogP contribution in [0.1, 0.15) is 58.3 Å². The first-order valence-electron chi connectivity index (χ1n) is 6.74. The Balaban J connectivity index is 2.05. The van der Waals surface area contributed by atoms with E-state index in [1.807, 2.05) is 0 Å². The van der Waals surface area contributed by atoms with Crippen molar-refractivity contribution >= 4 is 0 Å². The standard InChI is InChI=1S/C15H24/c1-13-11-12-14-9-7-5-3-2-4-6-8-10-15(13)14/h6,8,10,13-14H,2-5,7,9,11-12H2,1H3/b8-6+,15-10-. The lowest BCUT2D eigenvalue weighted by Gasteiger charge is -2.13. The first-order chi connectivity index (χ1) is 7.38. The second kappa shape index (κ2) is 5.53. The van der Waals surface area contributed by atoms with Crippen molar-refractivity contribution in [3.63, 3.8) is 0 Å². The van der Waals surface area contributed by atoms with E-state index < -0.39 is 0 Å². The van der Waals surface area contributed by atoms with Crippen LogP contribution < -0.4 is 0 Å². The molecule has 0 spiro atoms. The minimum absolute atomic E-state index is 0.848. The lowest BCUT2D eigenvalue weighted by Crippen LogP contribution is -2.00. The molecule has 0 aromatic rings. The van der Waals surface area contributed by atoms with Crippen LogP contribution in [0.15, 0.2) is 23.8 Å². The van der Waals surface area contributed by atoms with E-state index in [4.69, 9.17) is 0 Å². The zero-order valence-corrected chi connectivity index (χ0v) is 10.0. The molecule has 0 N–H and O–H groups in total. The molecule has 2 rings (SSSR count). The maximum absolute atomic E-state index is 2.42. The highest BCUT2D eigenvalue weighted by Crippen LogP contribution is 2.39. The van der Waals surface area contributed by atoms with Gasteiger partial charge in [0.1, 0.15) is 0 Å². The summed E-state index contributed by atoms with van der Waals surface area (Å²) in [5, 5.41) is 0. The Hall–Kier alpha value is -0.520. The van der Waals surface area contributed by atoms with Gasteiger partial charge >= 0.3 is 0 Å². The van der Waals surface area contributed by atoms with Crippen LogP contribution in [0.5, 0.6) is 0 Å². The molecule has 0 amide bonds. The third kappa shape index (κ3) is 2.96. The van der Waals surface area contributed by atoms with Gasteiger partial charge in [0.05, 0.1) is 0 Å². The molecule has 15 heavy (non-hydrogen) atoms. The fourth-order valence-electron chi connectivity index (χ4n) is 3.08. The normalized spacial score (nSPS) is 38.6. The number of fused-ring (bicyclic) bond motifs is 1. The summed E-state index contributed by atoms with van der Waals surface area (Å²) in [6.45, 7) is 2.40.